The molecule has 0 radical (unpaired) electrons. The van der Waals surface area contributed by atoms with E-state index in [0.29, 0.717) is 24.0 Å². The Kier molecular flexibility index (Phi) is 7.65. The number of anilines is 1. The number of H-pyrrole nitrogens is 1. The third-order valence-corrected chi connectivity index (χ3v) is 7.70. The fraction of sp³-hybridized carbons (Fsp3) is 0.310. The maximum Gasteiger partial charge on any atom is 0.247 e. The van der Waals surface area contributed by atoms with Crippen LogP contribution in [0.2, 0.25) is 0 Å². The van der Waals surface area contributed by atoms with Gasteiger partial charge in [-0.25, -0.2) is 23.3 Å². The Morgan fingerprint density at radius 2 is 1.77 bits per heavy atom. The number of aromatic nitrogens is 7. The molecule has 2 aromatic carbocycles. The third kappa shape index (κ3) is 5.35. The van der Waals surface area contributed by atoms with Gasteiger partial charge in [-0.3, -0.25) is 4.79 Å². The summed E-state index contributed by atoms with van der Waals surface area (Å²) in [5, 5.41) is 16.1. The fourth-order valence-corrected chi connectivity index (χ4v) is 5.67. The summed E-state index contributed by atoms with van der Waals surface area (Å²) in [4.78, 5) is 23.2. The number of benzene rings is 2. The van der Waals surface area contributed by atoms with Crippen molar-refractivity contribution in [3.8, 4) is 34.5 Å². The lowest BCUT2D eigenvalue weighted by Gasteiger charge is -2.32. The van der Waals surface area contributed by atoms with Crippen LogP contribution in [0.4, 0.5) is 18.9 Å². The summed E-state index contributed by atoms with van der Waals surface area (Å²) in [5.74, 6) is -2.71. The molecule has 222 valence electrons. The van der Waals surface area contributed by atoms with Gasteiger partial charge < -0.3 is 19.4 Å². The van der Waals surface area contributed by atoms with E-state index in [1.807, 2.05) is 0 Å². The first-order valence-corrected chi connectivity index (χ1v) is 13.7. The summed E-state index contributed by atoms with van der Waals surface area (Å²) in [6.45, 7) is 0. The van der Waals surface area contributed by atoms with Gasteiger partial charge in [0.1, 0.15) is 17.7 Å². The van der Waals surface area contributed by atoms with Crippen molar-refractivity contribution in [1.29, 1.82) is 0 Å². The quantitative estimate of drug-likeness (QED) is 0.242. The molecule has 43 heavy (non-hydrogen) atoms. The Balaban J connectivity index is 1.50. The number of nitrogens with one attached hydrogen (secondary N) is 2. The number of pyridine rings is 1. The first-order chi connectivity index (χ1) is 20.9. The average molecular weight is 593 g/mol. The normalized spacial score (nSPS) is 14.5. The predicted molar refractivity (Wildman–Crippen MR) is 150 cm³/mol. The van der Waals surface area contributed by atoms with Crippen LogP contribution in [0.3, 0.4) is 0 Å². The molecule has 11 nitrogen and oxygen atoms in total. The average Bonchev–Trinajstić information content (AvgIpc) is 3.68. The van der Waals surface area contributed by atoms with Crippen LogP contribution < -0.4 is 14.8 Å². The topological polar surface area (TPSA) is 133 Å². The van der Waals surface area contributed by atoms with E-state index in [0.717, 1.165) is 31.4 Å². The predicted octanol–water partition coefficient (Wildman–Crippen LogP) is 5.47. The molecule has 0 spiro atoms. The van der Waals surface area contributed by atoms with Crippen molar-refractivity contribution in [1.82, 2.24) is 35.2 Å². The van der Waals surface area contributed by atoms with Crippen LogP contribution in [0.15, 0.2) is 42.5 Å². The highest BCUT2D eigenvalue weighted by molar-refractivity contribution is 5.96. The van der Waals surface area contributed by atoms with E-state index in [-0.39, 0.29) is 46.0 Å². The van der Waals surface area contributed by atoms with Crippen LogP contribution in [0.5, 0.6) is 11.8 Å². The van der Waals surface area contributed by atoms with Crippen molar-refractivity contribution in [2.24, 2.45) is 5.92 Å². The van der Waals surface area contributed by atoms with Gasteiger partial charge in [-0.05, 0) is 53.5 Å². The number of rotatable bonds is 8. The Labute approximate surface area is 243 Å². The molecular weight excluding hydrogens is 565 g/mol. The lowest BCUT2D eigenvalue weighted by atomic mass is 9.83. The number of nitrogens with zero attached hydrogens (tertiary/aromatic N) is 6. The highest BCUT2D eigenvalue weighted by atomic mass is 19.2. The number of ether oxygens (including phenoxy) is 2. The van der Waals surface area contributed by atoms with Crippen LogP contribution in [-0.2, 0) is 4.79 Å². The van der Waals surface area contributed by atoms with E-state index >= 15 is 4.39 Å². The summed E-state index contributed by atoms with van der Waals surface area (Å²) in [7, 11) is 2.88. The summed E-state index contributed by atoms with van der Waals surface area (Å²) in [6.07, 6.45) is 4.14. The Morgan fingerprint density at radius 1 is 0.977 bits per heavy atom. The Bertz CT molecular complexity index is 1790. The molecule has 6 rings (SSSR count). The molecule has 1 amide bonds. The van der Waals surface area contributed by atoms with Crippen LogP contribution in [0.25, 0.3) is 33.8 Å². The van der Waals surface area contributed by atoms with Crippen LogP contribution in [0, 0.1) is 23.4 Å². The Hall–Kier alpha value is -5.01. The summed E-state index contributed by atoms with van der Waals surface area (Å²) in [6, 6.07) is 8.49. The number of amides is 1. The molecule has 1 aliphatic carbocycles. The molecule has 0 aliphatic heterocycles. The molecule has 1 fully saturated rings. The molecule has 0 saturated heterocycles. The smallest absolute Gasteiger partial charge is 0.247 e. The lowest BCUT2D eigenvalue weighted by molar-refractivity contribution is -0.121. The zero-order chi connectivity index (χ0) is 30.1. The van der Waals surface area contributed by atoms with E-state index in [4.69, 9.17) is 9.47 Å². The number of hydrogen-bond donors (Lipinski definition) is 2. The second kappa shape index (κ2) is 11.7. The van der Waals surface area contributed by atoms with Crippen molar-refractivity contribution in [2.75, 3.05) is 19.5 Å². The first kappa shape index (κ1) is 28.1. The van der Waals surface area contributed by atoms with Crippen molar-refractivity contribution in [3.05, 3.63) is 59.9 Å². The number of aromatic amines is 1. The van der Waals surface area contributed by atoms with Crippen LogP contribution >= 0.6 is 0 Å². The van der Waals surface area contributed by atoms with Gasteiger partial charge in [0.05, 0.1) is 36.5 Å². The van der Waals surface area contributed by atoms with Crippen molar-refractivity contribution in [3.63, 3.8) is 0 Å². The second-order valence-electron chi connectivity index (χ2n) is 10.2. The van der Waals surface area contributed by atoms with E-state index < -0.39 is 29.4 Å². The van der Waals surface area contributed by atoms with E-state index in [1.165, 1.54) is 26.4 Å². The largest absolute Gasteiger partial charge is 0.481 e. The number of fused-ring (bicyclic) bond motifs is 1. The number of carbonyl (C=O) groups excluding carboxylic acids is 1. The van der Waals surface area contributed by atoms with E-state index in [1.54, 1.807) is 22.8 Å². The zero-order valence-electron chi connectivity index (χ0n) is 23.3. The first-order valence-electron chi connectivity index (χ1n) is 13.7. The van der Waals surface area contributed by atoms with Gasteiger partial charge in [0.15, 0.2) is 17.5 Å². The molecule has 0 bridgehead atoms. The summed E-state index contributed by atoms with van der Waals surface area (Å²) in [5.41, 5.74) is 1.05. The van der Waals surface area contributed by atoms with Gasteiger partial charge in [-0.1, -0.05) is 19.3 Å². The molecule has 1 saturated carbocycles. The van der Waals surface area contributed by atoms with Gasteiger partial charge in [0.25, 0.3) is 0 Å². The molecule has 3 aromatic heterocycles. The lowest BCUT2D eigenvalue weighted by Crippen LogP contribution is -2.34. The minimum atomic E-state index is -1.09. The molecule has 1 atom stereocenters. The maximum atomic E-state index is 15.3. The molecule has 2 N–H and O–H groups in total. The second-order valence-corrected chi connectivity index (χ2v) is 10.2. The molecule has 1 aliphatic rings. The van der Waals surface area contributed by atoms with Crippen LogP contribution in [-0.4, -0.2) is 55.3 Å². The van der Waals surface area contributed by atoms with Gasteiger partial charge in [0, 0.05) is 23.8 Å². The minimum Gasteiger partial charge on any atom is -0.481 e. The van der Waals surface area contributed by atoms with E-state index in [9.17, 15) is 13.6 Å². The summed E-state index contributed by atoms with van der Waals surface area (Å²) >= 11 is 0. The van der Waals surface area contributed by atoms with Crippen molar-refractivity contribution >= 4 is 22.6 Å². The highest BCUT2D eigenvalue weighted by Crippen LogP contribution is 2.41. The number of hydrogen-bond acceptors (Lipinski definition) is 8. The molecular formula is C29H27F3N8O3. The Morgan fingerprint density at radius 3 is 2.47 bits per heavy atom. The monoisotopic (exact) mass is 592 g/mol. The minimum absolute atomic E-state index is 0.0612. The van der Waals surface area contributed by atoms with Crippen LogP contribution in [0.1, 0.15) is 38.1 Å². The number of carbonyl (C=O) groups is 1. The highest BCUT2D eigenvalue weighted by Gasteiger charge is 2.36. The molecule has 5 aromatic rings. The maximum absolute atomic E-state index is 15.3. The van der Waals surface area contributed by atoms with Gasteiger partial charge in [-0.15, -0.1) is 5.10 Å². The fourth-order valence-electron chi connectivity index (χ4n) is 5.67. The standard InChI is InChI=1S/C29H27F3N8O3/c1-42-24-11-9-17(29(35-24)43-2)27-33-22-13-18(30)19(31)14-23(22)40(27)25(15-6-4-3-5-7-15)28(41)34-21-10-8-16(12-20(21)32)26-36-38-39-37-26/h8-15,25H,3-7H2,1-2H3,(H,34,41)(H,36,37,38,39). The number of halogens is 3. The number of imidazole rings is 1. The summed E-state index contributed by atoms with van der Waals surface area (Å²) < 4.78 is 56.7. The number of methoxy groups -OCH3 is 2. The van der Waals surface area contributed by atoms with Gasteiger partial charge in [0.2, 0.25) is 17.7 Å². The molecule has 3 heterocycles. The van der Waals surface area contributed by atoms with E-state index in [2.05, 4.69) is 35.9 Å². The van der Waals surface area contributed by atoms with Crippen molar-refractivity contribution < 1.29 is 27.4 Å². The number of tetrazole rings is 1. The van der Waals surface area contributed by atoms with Gasteiger partial charge >= 0.3 is 0 Å². The SMILES string of the molecule is COc1ccc(-c2nc3cc(F)c(F)cc3n2C(C(=O)Nc2ccc(-c3nnn[nH]3)cc2F)C2CCCCC2)c(OC)n1. The third-order valence-electron chi connectivity index (χ3n) is 7.70. The van der Waals surface area contributed by atoms with Crippen molar-refractivity contribution in [2.45, 2.75) is 38.1 Å². The van der Waals surface area contributed by atoms with Gasteiger partial charge in [-0.2, -0.15) is 4.98 Å². The molecule has 14 heteroatoms. The molecule has 1 unspecified atom stereocenters. The zero-order valence-corrected chi connectivity index (χ0v) is 23.3.